The van der Waals surface area contributed by atoms with Crippen LogP contribution in [0.15, 0.2) is 23.2 Å². The molecule has 6 heteroatoms. The number of nitrogens with one attached hydrogen (secondary N) is 1. The van der Waals surface area contributed by atoms with Crippen molar-refractivity contribution < 1.29 is 13.5 Å². The second-order valence-electron chi connectivity index (χ2n) is 5.56. The number of guanidine groups is 1. The molecule has 0 radical (unpaired) electrons. The van der Waals surface area contributed by atoms with Gasteiger partial charge in [0.1, 0.15) is 11.6 Å². The van der Waals surface area contributed by atoms with Gasteiger partial charge in [-0.2, -0.15) is 0 Å². The molecular weight excluding hydrogens is 288 g/mol. The van der Waals surface area contributed by atoms with Crippen molar-refractivity contribution in [1.29, 1.82) is 0 Å². The van der Waals surface area contributed by atoms with E-state index in [-0.39, 0.29) is 5.56 Å². The highest BCUT2D eigenvalue weighted by Crippen LogP contribution is 2.50. The number of ether oxygens (including phenoxy) is 1. The molecule has 1 saturated carbocycles. The molecule has 0 aliphatic heterocycles. The Labute approximate surface area is 129 Å². The highest BCUT2D eigenvalue weighted by Gasteiger charge is 2.47. The maximum atomic E-state index is 13.9. The third-order valence-electron chi connectivity index (χ3n) is 3.87. The molecule has 2 rings (SSSR count). The van der Waals surface area contributed by atoms with Crippen LogP contribution in [0.4, 0.5) is 8.78 Å². The Bertz CT molecular complexity index is 510. The van der Waals surface area contributed by atoms with E-state index in [1.807, 2.05) is 6.92 Å². The lowest BCUT2D eigenvalue weighted by Gasteiger charge is -2.15. The van der Waals surface area contributed by atoms with E-state index in [0.29, 0.717) is 32.3 Å². The summed E-state index contributed by atoms with van der Waals surface area (Å²) in [5.74, 6) is -0.702. The first-order valence-electron chi connectivity index (χ1n) is 7.65. The molecule has 0 aromatic heterocycles. The number of nitrogens with two attached hydrogens (primary N) is 1. The molecule has 0 amide bonds. The summed E-state index contributed by atoms with van der Waals surface area (Å²) in [5.41, 5.74) is 5.40. The Balaban J connectivity index is 1.89. The first kappa shape index (κ1) is 16.7. The summed E-state index contributed by atoms with van der Waals surface area (Å²) in [6, 6.07) is 3.96. The molecule has 0 unspecified atom stereocenters. The quantitative estimate of drug-likeness (QED) is 0.440. The highest BCUT2D eigenvalue weighted by atomic mass is 19.1. The number of benzene rings is 1. The lowest BCUT2D eigenvalue weighted by molar-refractivity contribution is 0.145. The first-order chi connectivity index (χ1) is 10.6. The van der Waals surface area contributed by atoms with Crippen LogP contribution in [0.5, 0.6) is 0 Å². The molecule has 1 aromatic rings. The van der Waals surface area contributed by atoms with Crippen LogP contribution in [0.2, 0.25) is 0 Å². The van der Waals surface area contributed by atoms with Gasteiger partial charge in [0.05, 0.1) is 6.54 Å². The topological polar surface area (TPSA) is 59.6 Å². The summed E-state index contributed by atoms with van der Waals surface area (Å²) in [4.78, 5) is 4.24. The molecule has 4 nitrogen and oxygen atoms in total. The summed E-state index contributed by atoms with van der Waals surface area (Å²) >= 11 is 0. The average molecular weight is 311 g/mol. The van der Waals surface area contributed by atoms with Crippen molar-refractivity contribution in [2.24, 2.45) is 10.7 Å². The predicted molar refractivity (Wildman–Crippen MR) is 82.9 cm³/mol. The van der Waals surface area contributed by atoms with Gasteiger partial charge < -0.3 is 15.8 Å². The van der Waals surface area contributed by atoms with Crippen LogP contribution >= 0.6 is 0 Å². The zero-order valence-electron chi connectivity index (χ0n) is 12.9. The van der Waals surface area contributed by atoms with E-state index in [9.17, 15) is 8.78 Å². The van der Waals surface area contributed by atoms with Gasteiger partial charge in [0.2, 0.25) is 0 Å². The van der Waals surface area contributed by atoms with Crippen molar-refractivity contribution in [2.75, 3.05) is 26.3 Å². The van der Waals surface area contributed by atoms with Gasteiger partial charge in [0.15, 0.2) is 5.96 Å². The normalized spacial score (nSPS) is 16.6. The average Bonchev–Trinajstić information content (AvgIpc) is 3.26. The van der Waals surface area contributed by atoms with E-state index >= 15 is 0 Å². The van der Waals surface area contributed by atoms with E-state index in [0.717, 1.165) is 19.3 Å². The molecule has 1 aliphatic rings. The minimum Gasteiger partial charge on any atom is -0.382 e. The van der Waals surface area contributed by atoms with Gasteiger partial charge in [-0.3, -0.25) is 4.99 Å². The van der Waals surface area contributed by atoms with E-state index < -0.39 is 17.0 Å². The Hall–Kier alpha value is -1.69. The third kappa shape index (κ3) is 4.16. The summed E-state index contributed by atoms with van der Waals surface area (Å²) < 4.78 is 33.0. The van der Waals surface area contributed by atoms with Gasteiger partial charge in [-0.1, -0.05) is 6.07 Å². The van der Waals surface area contributed by atoms with Gasteiger partial charge in [0.25, 0.3) is 0 Å². The van der Waals surface area contributed by atoms with Crippen LogP contribution < -0.4 is 11.1 Å². The van der Waals surface area contributed by atoms with Crippen molar-refractivity contribution in [1.82, 2.24) is 5.32 Å². The number of nitrogens with zero attached hydrogens (tertiary/aromatic N) is 1. The van der Waals surface area contributed by atoms with E-state index in [2.05, 4.69) is 10.3 Å². The number of hydrogen-bond acceptors (Lipinski definition) is 2. The van der Waals surface area contributed by atoms with Crippen LogP contribution in [-0.2, 0) is 10.2 Å². The van der Waals surface area contributed by atoms with Crippen LogP contribution in [0.1, 0.15) is 31.7 Å². The Morgan fingerprint density at radius 1 is 1.36 bits per heavy atom. The summed E-state index contributed by atoms with van der Waals surface area (Å²) in [6.07, 6.45) is 2.29. The highest BCUT2D eigenvalue weighted by molar-refractivity contribution is 5.77. The van der Waals surface area contributed by atoms with E-state index in [1.54, 1.807) is 0 Å². The van der Waals surface area contributed by atoms with E-state index in [1.165, 1.54) is 18.2 Å². The Kier molecular flexibility index (Phi) is 5.71. The summed E-state index contributed by atoms with van der Waals surface area (Å²) in [5, 5.41) is 2.98. The van der Waals surface area contributed by atoms with Crippen molar-refractivity contribution >= 4 is 5.96 Å². The maximum absolute atomic E-state index is 13.9. The van der Waals surface area contributed by atoms with Crippen LogP contribution in [0.3, 0.4) is 0 Å². The molecule has 0 atom stereocenters. The SMILES string of the molecule is CCOCCCNC(N)=NCC1(c2c(F)cccc2F)CC1. The Morgan fingerprint density at radius 2 is 2.05 bits per heavy atom. The maximum Gasteiger partial charge on any atom is 0.188 e. The second-order valence-corrected chi connectivity index (χ2v) is 5.56. The fourth-order valence-electron chi connectivity index (χ4n) is 2.47. The molecule has 1 fully saturated rings. The summed E-state index contributed by atoms with van der Waals surface area (Å²) in [6.45, 7) is 4.27. The third-order valence-corrected chi connectivity index (χ3v) is 3.87. The van der Waals surface area contributed by atoms with Gasteiger partial charge in [-0.25, -0.2) is 8.78 Å². The zero-order valence-corrected chi connectivity index (χ0v) is 12.9. The van der Waals surface area contributed by atoms with Crippen molar-refractivity contribution in [3.8, 4) is 0 Å². The second kappa shape index (κ2) is 7.54. The Morgan fingerprint density at radius 3 is 2.64 bits per heavy atom. The molecule has 0 heterocycles. The minimum absolute atomic E-state index is 0.142. The van der Waals surface area contributed by atoms with Gasteiger partial charge >= 0.3 is 0 Å². The molecular formula is C16H23F2N3O. The van der Waals surface area contributed by atoms with Gasteiger partial charge in [-0.15, -0.1) is 0 Å². The number of halogens is 2. The molecule has 0 spiro atoms. The smallest absolute Gasteiger partial charge is 0.188 e. The molecule has 1 aromatic carbocycles. The molecule has 1 aliphatic carbocycles. The van der Waals surface area contributed by atoms with Crippen LogP contribution in [-0.4, -0.2) is 32.3 Å². The standard InChI is InChI=1S/C16H23F2N3O/c1-2-22-10-4-9-20-15(19)21-11-16(7-8-16)14-12(17)5-3-6-13(14)18/h3,5-6H,2,4,7-11H2,1H3,(H3,19,20,21). The van der Waals surface area contributed by atoms with Gasteiger partial charge in [0, 0.05) is 30.7 Å². The van der Waals surface area contributed by atoms with Crippen molar-refractivity contribution in [3.63, 3.8) is 0 Å². The molecule has 3 N–H and O–H groups in total. The molecule has 122 valence electrons. The van der Waals surface area contributed by atoms with Crippen LogP contribution in [0.25, 0.3) is 0 Å². The fourth-order valence-corrected chi connectivity index (χ4v) is 2.47. The van der Waals surface area contributed by atoms with E-state index in [4.69, 9.17) is 10.5 Å². The number of rotatable bonds is 8. The molecule has 22 heavy (non-hydrogen) atoms. The molecule has 0 bridgehead atoms. The lowest BCUT2D eigenvalue weighted by atomic mass is 9.95. The lowest BCUT2D eigenvalue weighted by Crippen LogP contribution is -2.34. The molecule has 0 saturated heterocycles. The number of hydrogen-bond donors (Lipinski definition) is 2. The van der Waals surface area contributed by atoms with Crippen molar-refractivity contribution in [3.05, 3.63) is 35.4 Å². The van der Waals surface area contributed by atoms with Crippen LogP contribution in [0, 0.1) is 11.6 Å². The predicted octanol–water partition coefficient (Wildman–Crippen LogP) is 2.33. The monoisotopic (exact) mass is 311 g/mol. The van der Waals surface area contributed by atoms with Crippen molar-refractivity contribution in [2.45, 2.75) is 31.6 Å². The fraction of sp³-hybridized carbons (Fsp3) is 0.562. The largest absolute Gasteiger partial charge is 0.382 e. The van der Waals surface area contributed by atoms with Gasteiger partial charge in [-0.05, 0) is 38.3 Å². The number of aliphatic imine (C=N–C) groups is 1. The first-order valence-corrected chi connectivity index (χ1v) is 7.65. The minimum atomic E-state index is -0.535. The zero-order chi connectivity index (χ0) is 16.0. The summed E-state index contributed by atoms with van der Waals surface area (Å²) in [7, 11) is 0.